The van der Waals surface area contributed by atoms with Crippen LogP contribution < -0.4 is 34.7 Å². The Bertz CT molecular complexity index is 325. The Morgan fingerprint density at radius 1 is 1.69 bits per heavy atom. The van der Waals surface area contributed by atoms with E-state index in [1.807, 2.05) is 6.92 Å². The number of rotatable bonds is 2. The molecule has 0 unspecified atom stereocenters. The fourth-order valence-electron chi connectivity index (χ4n) is 1.00. The molecule has 0 bridgehead atoms. The molecule has 0 aliphatic carbocycles. The van der Waals surface area contributed by atoms with Gasteiger partial charge in [0.15, 0.2) is 0 Å². The van der Waals surface area contributed by atoms with Crippen molar-refractivity contribution in [1.29, 1.82) is 0 Å². The van der Waals surface area contributed by atoms with Crippen molar-refractivity contribution >= 4 is 17.6 Å². The van der Waals surface area contributed by atoms with Crippen molar-refractivity contribution in [2.75, 3.05) is 0 Å². The molecule has 0 atom stereocenters. The van der Waals surface area contributed by atoms with E-state index in [2.05, 4.69) is 5.10 Å². The number of carboxylic acids is 1. The molecule has 1 heterocycles. The van der Waals surface area contributed by atoms with Crippen LogP contribution in [-0.4, -0.2) is 15.7 Å². The van der Waals surface area contributed by atoms with E-state index < -0.39 is 5.97 Å². The molecule has 1 rings (SSSR count). The van der Waals surface area contributed by atoms with E-state index in [0.29, 0.717) is 12.1 Å². The van der Waals surface area contributed by atoms with Gasteiger partial charge in [-0.3, -0.25) is 4.68 Å². The Kier molecular flexibility index (Phi) is 4.99. The third-order valence-electron chi connectivity index (χ3n) is 1.58. The molecule has 1 aromatic heterocycles. The number of aromatic carboxylic acids is 1. The molecule has 4 nitrogen and oxygen atoms in total. The third-order valence-corrected chi connectivity index (χ3v) is 1.98. The first-order valence-electron chi connectivity index (χ1n) is 3.50. The maximum atomic E-state index is 10.5. The molecule has 0 aromatic carbocycles. The van der Waals surface area contributed by atoms with Crippen LogP contribution >= 0.6 is 11.6 Å². The molecular formula is C7H8ClN2NaO2. The summed E-state index contributed by atoms with van der Waals surface area (Å²) in [5, 5.41) is 14.6. The number of carbonyl (C=O) groups is 1. The van der Waals surface area contributed by atoms with Gasteiger partial charge >= 0.3 is 29.6 Å². The van der Waals surface area contributed by atoms with Gasteiger partial charge in [-0.05, 0) is 6.42 Å². The second-order valence-electron chi connectivity index (χ2n) is 2.37. The summed E-state index contributed by atoms with van der Waals surface area (Å²) in [6.45, 7) is 1.85. The topological polar surface area (TPSA) is 58.0 Å². The molecule has 13 heavy (non-hydrogen) atoms. The molecule has 1 aromatic rings. The van der Waals surface area contributed by atoms with Gasteiger partial charge in [0.05, 0.1) is 16.7 Å². The zero-order valence-corrected chi connectivity index (χ0v) is 10.6. The molecule has 0 aliphatic heterocycles. The average molecular weight is 211 g/mol. The van der Waals surface area contributed by atoms with Gasteiger partial charge in [-0.1, -0.05) is 18.5 Å². The zero-order chi connectivity index (χ0) is 9.30. The van der Waals surface area contributed by atoms with Crippen molar-refractivity contribution in [3.63, 3.8) is 0 Å². The summed E-state index contributed by atoms with van der Waals surface area (Å²) in [6, 6.07) is 0. The fraction of sp³-hybridized carbons (Fsp3) is 0.429. The number of carbonyl (C=O) groups excluding carboxylic acids is 1. The quantitative estimate of drug-likeness (QED) is 0.489. The van der Waals surface area contributed by atoms with Crippen molar-refractivity contribution in [3.05, 3.63) is 16.4 Å². The summed E-state index contributed by atoms with van der Waals surface area (Å²) in [4.78, 5) is 10.5. The van der Waals surface area contributed by atoms with E-state index in [1.54, 1.807) is 0 Å². The van der Waals surface area contributed by atoms with Crippen LogP contribution in [0, 0.1) is 0 Å². The summed E-state index contributed by atoms with van der Waals surface area (Å²) in [7, 11) is 1.52. The maximum absolute atomic E-state index is 10.5. The summed E-state index contributed by atoms with van der Waals surface area (Å²) >= 11 is 5.72. The van der Waals surface area contributed by atoms with Crippen LogP contribution in [-0.2, 0) is 13.5 Å². The van der Waals surface area contributed by atoms with Crippen molar-refractivity contribution in [2.24, 2.45) is 7.05 Å². The number of halogens is 1. The van der Waals surface area contributed by atoms with Crippen LogP contribution in [0.4, 0.5) is 0 Å². The Balaban J connectivity index is 0.00000144. The van der Waals surface area contributed by atoms with E-state index in [4.69, 9.17) is 11.6 Å². The molecule has 0 saturated heterocycles. The third kappa shape index (κ3) is 2.47. The second-order valence-corrected chi connectivity index (χ2v) is 2.75. The Morgan fingerprint density at radius 2 is 2.23 bits per heavy atom. The Morgan fingerprint density at radius 3 is 2.46 bits per heavy atom. The van der Waals surface area contributed by atoms with Gasteiger partial charge in [0.25, 0.3) is 0 Å². The van der Waals surface area contributed by atoms with Gasteiger partial charge in [0, 0.05) is 7.05 Å². The van der Waals surface area contributed by atoms with Crippen LogP contribution in [0.5, 0.6) is 0 Å². The summed E-state index contributed by atoms with van der Waals surface area (Å²) < 4.78 is 1.22. The number of hydrogen-bond donors (Lipinski definition) is 0. The van der Waals surface area contributed by atoms with Crippen LogP contribution in [0.2, 0.25) is 5.02 Å². The maximum Gasteiger partial charge on any atom is 1.00 e. The van der Waals surface area contributed by atoms with Crippen LogP contribution in [0.25, 0.3) is 0 Å². The van der Waals surface area contributed by atoms with Crippen molar-refractivity contribution in [2.45, 2.75) is 13.3 Å². The summed E-state index contributed by atoms with van der Waals surface area (Å²) in [5.41, 5.74) is 0.520. The van der Waals surface area contributed by atoms with E-state index in [9.17, 15) is 9.90 Å². The molecule has 0 aliphatic rings. The minimum Gasteiger partial charge on any atom is -0.543 e. The second kappa shape index (κ2) is 5.00. The Hall–Kier alpha value is -0.0300. The van der Waals surface area contributed by atoms with Gasteiger partial charge in [-0.2, -0.15) is 5.10 Å². The van der Waals surface area contributed by atoms with Crippen LogP contribution in [0.15, 0.2) is 0 Å². The van der Waals surface area contributed by atoms with Crippen molar-refractivity contribution < 1.29 is 39.5 Å². The van der Waals surface area contributed by atoms with Crippen molar-refractivity contribution in [3.8, 4) is 0 Å². The normalized spacial score (nSPS) is 9.46. The van der Waals surface area contributed by atoms with E-state index in [0.717, 1.165) is 0 Å². The minimum atomic E-state index is -1.30. The predicted molar refractivity (Wildman–Crippen MR) is 41.9 cm³/mol. The molecule has 0 saturated carbocycles. The molecule has 0 N–H and O–H groups in total. The first-order valence-corrected chi connectivity index (χ1v) is 3.88. The van der Waals surface area contributed by atoms with E-state index in [1.165, 1.54) is 11.7 Å². The van der Waals surface area contributed by atoms with Crippen molar-refractivity contribution in [1.82, 2.24) is 9.78 Å². The number of aryl methyl sites for hydroxylation is 2. The predicted octanol–water partition coefficient (Wildman–Crippen LogP) is -3.00. The number of nitrogens with zero attached hydrogens (tertiary/aromatic N) is 2. The van der Waals surface area contributed by atoms with Gasteiger partial charge in [0.2, 0.25) is 0 Å². The molecule has 0 amide bonds. The number of hydrogen-bond acceptors (Lipinski definition) is 3. The van der Waals surface area contributed by atoms with Gasteiger partial charge < -0.3 is 9.90 Å². The molecule has 0 fully saturated rings. The average Bonchev–Trinajstić information content (AvgIpc) is 2.25. The summed E-state index contributed by atoms with van der Waals surface area (Å²) in [6.07, 6.45) is 0.611. The molecule has 66 valence electrons. The smallest absolute Gasteiger partial charge is 0.543 e. The molecule has 0 spiro atoms. The minimum absolute atomic E-state index is 0. The van der Waals surface area contributed by atoms with Crippen LogP contribution in [0.3, 0.4) is 0 Å². The van der Waals surface area contributed by atoms with Gasteiger partial charge in [-0.15, -0.1) is 0 Å². The summed E-state index contributed by atoms with van der Waals surface area (Å²) in [5.74, 6) is -1.30. The fourth-order valence-corrected chi connectivity index (χ4v) is 1.37. The van der Waals surface area contributed by atoms with Gasteiger partial charge in [-0.25, -0.2) is 0 Å². The molecule has 0 radical (unpaired) electrons. The van der Waals surface area contributed by atoms with E-state index >= 15 is 0 Å². The first-order chi connectivity index (χ1) is 5.57. The van der Waals surface area contributed by atoms with Gasteiger partial charge in [0.1, 0.15) is 5.69 Å². The monoisotopic (exact) mass is 210 g/mol. The zero-order valence-electron chi connectivity index (χ0n) is 7.80. The Labute approximate surface area is 103 Å². The SMILES string of the molecule is CCc1nn(C)c(C(=O)[O-])c1Cl.[Na+]. The molecule has 6 heteroatoms. The van der Waals surface area contributed by atoms with E-state index in [-0.39, 0.29) is 40.3 Å². The standard InChI is InChI=1S/C7H9ClN2O2.Na/c1-3-4-5(8)6(7(11)12)10(2)9-4;/h3H2,1-2H3,(H,11,12);/q;+1/p-1. The largest absolute Gasteiger partial charge is 1.00 e. The molecular weight excluding hydrogens is 203 g/mol. The first kappa shape index (κ1) is 13.0. The van der Waals surface area contributed by atoms with Crippen LogP contribution in [0.1, 0.15) is 23.1 Å². The number of carboxylic acid groups (broad SMARTS) is 1. The number of aromatic nitrogens is 2.